The maximum Gasteiger partial charge on any atom is 0.193 e. The Kier molecular flexibility index (Phi) is 6.51. The Morgan fingerprint density at radius 3 is 2.23 bits per heavy atom. The molecule has 1 aromatic heterocycles. The highest BCUT2D eigenvalue weighted by molar-refractivity contribution is 5.92. The SMILES string of the molecule is COc1c(N2C[C@H](C)C[C@@H](N)C2)ccc2c(=O)c(C(C)C)c(C(C)C)n(C(C)C)c12. The van der Waals surface area contributed by atoms with E-state index in [1.54, 1.807) is 7.11 Å². The average molecular weight is 414 g/mol. The van der Waals surface area contributed by atoms with Crippen LogP contribution < -0.4 is 20.8 Å². The lowest BCUT2D eigenvalue weighted by Gasteiger charge is -2.37. The van der Waals surface area contributed by atoms with Crippen LogP contribution >= 0.6 is 0 Å². The minimum Gasteiger partial charge on any atom is -0.492 e. The fourth-order valence-electron chi connectivity index (χ4n) is 5.22. The van der Waals surface area contributed by atoms with Crippen molar-refractivity contribution in [2.45, 2.75) is 78.8 Å². The highest BCUT2D eigenvalue weighted by Gasteiger charge is 2.29. The van der Waals surface area contributed by atoms with Crippen molar-refractivity contribution in [2.75, 3.05) is 25.1 Å². The van der Waals surface area contributed by atoms with Crippen LogP contribution in [0.4, 0.5) is 5.69 Å². The molecule has 0 bridgehead atoms. The molecule has 1 aliphatic rings. The molecule has 0 radical (unpaired) electrons. The Morgan fingerprint density at radius 2 is 1.73 bits per heavy atom. The number of nitrogens with zero attached hydrogens (tertiary/aromatic N) is 2. The number of hydrogen-bond donors (Lipinski definition) is 1. The van der Waals surface area contributed by atoms with Crippen LogP contribution in [-0.4, -0.2) is 30.8 Å². The largest absolute Gasteiger partial charge is 0.492 e. The van der Waals surface area contributed by atoms with Crippen molar-refractivity contribution in [1.29, 1.82) is 0 Å². The number of aromatic nitrogens is 1. The average Bonchev–Trinajstić information content (AvgIpc) is 2.65. The van der Waals surface area contributed by atoms with Crippen molar-refractivity contribution in [2.24, 2.45) is 11.7 Å². The maximum absolute atomic E-state index is 13.6. The van der Waals surface area contributed by atoms with E-state index in [4.69, 9.17) is 10.5 Å². The molecule has 30 heavy (non-hydrogen) atoms. The van der Waals surface area contributed by atoms with Crippen molar-refractivity contribution in [1.82, 2.24) is 4.57 Å². The molecule has 5 heteroatoms. The van der Waals surface area contributed by atoms with Gasteiger partial charge in [-0.25, -0.2) is 0 Å². The molecule has 2 heterocycles. The molecule has 0 aliphatic carbocycles. The molecule has 1 saturated heterocycles. The van der Waals surface area contributed by atoms with Crippen molar-refractivity contribution < 1.29 is 4.74 Å². The Hall–Kier alpha value is -2.01. The summed E-state index contributed by atoms with van der Waals surface area (Å²) in [5.41, 5.74) is 10.5. The number of ether oxygens (including phenoxy) is 1. The molecule has 0 spiro atoms. The fourth-order valence-corrected chi connectivity index (χ4v) is 5.22. The first-order valence-corrected chi connectivity index (χ1v) is 11.4. The molecular formula is C25H39N3O2. The van der Waals surface area contributed by atoms with E-state index in [-0.39, 0.29) is 29.3 Å². The van der Waals surface area contributed by atoms with E-state index in [9.17, 15) is 4.79 Å². The van der Waals surface area contributed by atoms with E-state index < -0.39 is 0 Å². The summed E-state index contributed by atoms with van der Waals surface area (Å²) in [6.45, 7) is 16.9. The van der Waals surface area contributed by atoms with Crippen LogP contribution in [0.5, 0.6) is 5.75 Å². The monoisotopic (exact) mass is 413 g/mol. The van der Waals surface area contributed by atoms with Crippen LogP contribution in [-0.2, 0) is 0 Å². The Bertz CT molecular complexity index is 965. The summed E-state index contributed by atoms with van der Waals surface area (Å²) in [5.74, 6) is 1.71. The number of anilines is 1. The molecule has 2 N–H and O–H groups in total. The number of piperidine rings is 1. The van der Waals surface area contributed by atoms with E-state index in [0.717, 1.165) is 53.1 Å². The lowest BCUT2D eigenvalue weighted by molar-refractivity contribution is 0.387. The summed E-state index contributed by atoms with van der Waals surface area (Å²) in [6, 6.07) is 4.40. The third-order valence-electron chi connectivity index (χ3n) is 6.25. The normalized spacial score (nSPS) is 20.1. The number of hydrogen-bond acceptors (Lipinski definition) is 4. The second-order valence-electron chi connectivity index (χ2n) is 9.92. The first-order valence-electron chi connectivity index (χ1n) is 11.4. The minimum absolute atomic E-state index is 0.133. The molecular weight excluding hydrogens is 374 g/mol. The molecule has 1 fully saturated rings. The van der Waals surface area contributed by atoms with Gasteiger partial charge in [0.05, 0.1) is 18.3 Å². The second kappa shape index (κ2) is 8.62. The molecule has 5 nitrogen and oxygen atoms in total. The molecule has 0 amide bonds. The molecule has 2 aromatic rings. The molecule has 3 rings (SSSR count). The fraction of sp³-hybridized carbons (Fsp3) is 0.640. The maximum atomic E-state index is 13.6. The van der Waals surface area contributed by atoms with Crippen molar-refractivity contribution >= 4 is 16.6 Å². The molecule has 2 atom stereocenters. The van der Waals surface area contributed by atoms with Crippen molar-refractivity contribution in [3.05, 3.63) is 33.6 Å². The van der Waals surface area contributed by atoms with Gasteiger partial charge in [-0.1, -0.05) is 34.6 Å². The molecule has 0 unspecified atom stereocenters. The van der Waals surface area contributed by atoms with Gasteiger partial charge in [0.25, 0.3) is 0 Å². The predicted octanol–water partition coefficient (Wildman–Crippen LogP) is 5.01. The third kappa shape index (κ3) is 3.84. The Balaban J connectivity index is 2.43. The van der Waals surface area contributed by atoms with Gasteiger partial charge in [0, 0.05) is 41.8 Å². The predicted molar refractivity (Wildman–Crippen MR) is 127 cm³/mol. The zero-order valence-corrected chi connectivity index (χ0v) is 20.0. The van der Waals surface area contributed by atoms with Crippen LogP contribution in [0.3, 0.4) is 0 Å². The number of benzene rings is 1. The van der Waals surface area contributed by atoms with Crippen LogP contribution in [0.2, 0.25) is 0 Å². The summed E-state index contributed by atoms with van der Waals surface area (Å²) in [5, 5.41) is 0.742. The molecule has 166 valence electrons. The zero-order chi connectivity index (χ0) is 22.3. The van der Waals surface area contributed by atoms with E-state index in [1.165, 1.54) is 0 Å². The van der Waals surface area contributed by atoms with E-state index in [2.05, 4.69) is 64.0 Å². The number of pyridine rings is 1. The van der Waals surface area contributed by atoms with Crippen LogP contribution in [0, 0.1) is 5.92 Å². The summed E-state index contributed by atoms with van der Waals surface area (Å²) in [4.78, 5) is 16.0. The second-order valence-corrected chi connectivity index (χ2v) is 9.92. The first-order chi connectivity index (χ1) is 14.1. The van der Waals surface area contributed by atoms with Crippen LogP contribution in [0.25, 0.3) is 10.9 Å². The van der Waals surface area contributed by atoms with Crippen LogP contribution in [0.1, 0.15) is 84.0 Å². The Morgan fingerprint density at radius 1 is 1.07 bits per heavy atom. The number of methoxy groups -OCH3 is 1. The summed E-state index contributed by atoms with van der Waals surface area (Å²) in [6.07, 6.45) is 1.04. The van der Waals surface area contributed by atoms with E-state index in [0.29, 0.717) is 5.92 Å². The van der Waals surface area contributed by atoms with Crippen molar-refractivity contribution in [3.8, 4) is 5.75 Å². The van der Waals surface area contributed by atoms with Gasteiger partial charge in [0.2, 0.25) is 0 Å². The summed E-state index contributed by atoms with van der Waals surface area (Å²) >= 11 is 0. The lowest BCUT2D eigenvalue weighted by Crippen LogP contribution is -2.46. The molecule has 1 aliphatic heterocycles. The summed E-state index contributed by atoms with van der Waals surface area (Å²) in [7, 11) is 1.71. The number of fused-ring (bicyclic) bond motifs is 1. The van der Waals surface area contributed by atoms with Gasteiger partial charge in [-0.2, -0.15) is 0 Å². The standard InChI is InChI=1S/C25H39N3O2/c1-14(2)21-22(15(3)4)28(16(5)6)23-19(24(21)29)9-10-20(25(23)30-8)27-12-17(7)11-18(26)13-27/h9-10,14-18H,11-13,26H2,1-8H3/t17-,18-/m1/s1. The number of nitrogens with two attached hydrogens (primary N) is 1. The molecule has 0 saturated carbocycles. The highest BCUT2D eigenvalue weighted by atomic mass is 16.5. The third-order valence-corrected chi connectivity index (χ3v) is 6.25. The van der Waals surface area contributed by atoms with Gasteiger partial charge < -0.3 is 19.9 Å². The van der Waals surface area contributed by atoms with E-state index in [1.807, 2.05) is 6.07 Å². The van der Waals surface area contributed by atoms with Crippen LogP contribution in [0.15, 0.2) is 16.9 Å². The smallest absolute Gasteiger partial charge is 0.193 e. The van der Waals surface area contributed by atoms with Gasteiger partial charge in [-0.15, -0.1) is 0 Å². The van der Waals surface area contributed by atoms with Gasteiger partial charge in [0.1, 0.15) is 0 Å². The lowest BCUT2D eigenvalue weighted by atomic mass is 9.91. The first kappa shape index (κ1) is 22.7. The highest BCUT2D eigenvalue weighted by Crippen LogP contribution is 2.40. The molecule has 1 aromatic carbocycles. The van der Waals surface area contributed by atoms with Gasteiger partial charge >= 0.3 is 0 Å². The van der Waals surface area contributed by atoms with Gasteiger partial charge in [-0.3, -0.25) is 4.79 Å². The Labute approximate surface area is 181 Å². The van der Waals surface area contributed by atoms with Gasteiger partial charge in [-0.05, 0) is 50.2 Å². The topological polar surface area (TPSA) is 60.5 Å². The van der Waals surface area contributed by atoms with E-state index >= 15 is 0 Å². The number of rotatable bonds is 5. The van der Waals surface area contributed by atoms with Crippen molar-refractivity contribution in [3.63, 3.8) is 0 Å². The zero-order valence-electron chi connectivity index (χ0n) is 20.0. The minimum atomic E-state index is 0.133. The summed E-state index contributed by atoms with van der Waals surface area (Å²) < 4.78 is 8.36. The van der Waals surface area contributed by atoms with Gasteiger partial charge in [0.15, 0.2) is 11.2 Å². The quantitative estimate of drug-likeness (QED) is 0.748.